The van der Waals surface area contributed by atoms with Crippen LogP contribution >= 0.6 is 34.8 Å². The third kappa shape index (κ3) is 3.38. The lowest BCUT2D eigenvalue weighted by molar-refractivity contribution is 0.263. The molecule has 0 amide bonds. The van der Waals surface area contributed by atoms with Gasteiger partial charge in [-0.05, 0) is 39.0 Å². The molecule has 0 aliphatic carbocycles. The van der Waals surface area contributed by atoms with Crippen LogP contribution in [-0.2, 0) is 0 Å². The third-order valence-electron chi connectivity index (χ3n) is 2.95. The van der Waals surface area contributed by atoms with Gasteiger partial charge in [-0.25, -0.2) is 4.98 Å². The van der Waals surface area contributed by atoms with Crippen LogP contribution in [-0.4, -0.2) is 36.1 Å². The van der Waals surface area contributed by atoms with Crippen LogP contribution in [0, 0.1) is 0 Å². The zero-order valence-electron chi connectivity index (χ0n) is 9.51. The Labute approximate surface area is 116 Å². The molecule has 0 unspecified atom stereocenters. The quantitative estimate of drug-likeness (QED) is 0.846. The number of pyridine rings is 1. The van der Waals surface area contributed by atoms with E-state index < -0.39 is 0 Å². The van der Waals surface area contributed by atoms with Crippen LogP contribution in [0.15, 0.2) is 6.07 Å². The van der Waals surface area contributed by atoms with Gasteiger partial charge in [-0.1, -0.05) is 34.8 Å². The van der Waals surface area contributed by atoms with E-state index in [1.54, 1.807) is 6.07 Å². The van der Waals surface area contributed by atoms with Gasteiger partial charge < -0.3 is 10.2 Å². The Morgan fingerprint density at radius 2 is 1.88 bits per heavy atom. The van der Waals surface area contributed by atoms with Crippen molar-refractivity contribution in [3.8, 4) is 0 Å². The molecule has 1 aromatic rings. The Kier molecular flexibility index (Phi) is 4.36. The lowest BCUT2D eigenvalue weighted by Crippen LogP contribution is -2.36. The number of halogens is 3. The summed E-state index contributed by atoms with van der Waals surface area (Å²) in [6, 6.07) is 2.02. The number of hydrogen-bond acceptors (Lipinski definition) is 3. The van der Waals surface area contributed by atoms with Crippen molar-refractivity contribution in [3.63, 3.8) is 0 Å². The molecule has 94 valence electrons. The van der Waals surface area contributed by atoms with Crippen molar-refractivity contribution in [3.05, 3.63) is 21.3 Å². The van der Waals surface area contributed by atoms with Crippen LogP contribution < -0.4 is 5.32 Å². The van der Waals surface area contributed by atoms with E-state index in [1.807, 2.05) is 0 Å². The monoisotopic (exact) mass is 293 g/mol. The predicted molar refractivity (Wildman–Crippen MR) is 73.4 cm³/mol. The summed E-state index contributed by atoms with van der Waals surface area (Å²) in [5.41, 5.74) is 0. The summed E-state index contributed by atoms with van der Waals surface area (Å²) in [7, 11) is 2.13. The van der Waals surface area contributed by atoms with E-state index in [1.165, 1.54) is 0 Å². The average molecular weight is 295 g/mol. The molecular formula is C11H14Cl3N3. The molecule has 0 atom stereocenters. The Balaban J connectivity index is 2.06. The maximum absolute atomic E-state index is 6.07. The second kappa shape index (κ2) is 5.61. The summed E-state index contributed by atoms with van der Waals surface area (Å²) < 4.78 is 0. The summed E-state index contributed by atoms with van der Waals surface area (Å²) in [5, 5.41) is 4.50. The van der Waals surface area contributed by atoms with Gasteiger partial charge in [0.05, 0.1) is 10.0 Å². The van der Waals surface area contributed by atoms with Gasteiger partial charge in [-0.15, -0.1) is 0 Å². The smallest absolute Gasteiger partial charge is 0.150 e. The first-order valence-corrected chi connectivity index (χ1v) is 6.66. The topological polar surface area (TPSA) is 28.2 Å². The number of piperidine rings is 1. The molecule has 0 bridgehead atoms. The van der Waals surface area contributed by atoms with Gasteiger partial charge in [0.2, 0.25) is 0 Å². The molecule has 2 heterocycles. The summed E-state index contributed by atoms with van der Waals surface area (Å²) in [5.74, 6) is 0.621. The van der Waals surface area contributed by atoms with Gasteiger partial charge in [0.15, 0.2) is 0 Å². The molecule has 1 fully saturated rings. The summed E-state index contributed by atoms with van der Waals surface area (Å²) in [4.78, 5) is 6.47. The first-order valence-electron chi connectivity index (χ1n) is 5.53. The highest BCUT2D eigenvalue weighted by atomic mass is 35.5. The fraction of sp³-hybridized carbons (Fsp3) is 0.545. The molecule has 1 aliphatic rings. The SMILES string of the molecule is CN1CCC(Nc2nc(Cl)c(Cl)cc2Cl)CC1. The van der Waals surface area contributed by atoms with E-state index in [2.05, 4.69) is 22.2 Å². The first-order chi connectivity index (χ1) is 8.06. The number of nitrogens with one attached hydrogen (secondary N) is 1. The van der Waals surface area contributed by atoms with Crippen molar-refractivity contribution in [2.75, 3.05) is 25.5 Å². The number of rotatable bonds is 2. The van der Waals surface area contributed by atoms with Gasteiger partial charge in [-0.3, -0.25) is 0 Å². The molecule has 1 aliphatic heterocycles. The van der Waals surface area contributed by atoms with Crippen LogP contribution in [0.25, 0.3) is 0 Å². The minimum Gasteiger partial charge on any atom is -0.366 e. The van der Waals surface area contributed by atoms with E-state index >= 15 is 0 Å². The van der Waals surface area contributed by atoms with Crippen LogP contribution in [0.3, 0.4) is 0 Å². The Hall–Kier alpha value is -0.220. The normalized spacial score (nSPS) is 18.4. The molecular weight excluding hydrogens is 281 g/mol. The molecule has 2 rings (SSSR count). The van der Waals surface area contributed by atoms with Gasteiger partial charge in [0.1, 0.15) is 11.0 Å². The number of likely N-dealkylation sites (tertiary alicyclic amines) is 1. The fourth-order valence-corrected chi connectivity index (χ4v) is 2.44. The Morgan fingerprint density at radius 1 is 1.24 bits per heavy atom. The van der Waals surface area contributed by atoms with E-state index in [0.29, 0.717) is 21.9 Å². The molecule has 0 spiro atoms. The predicted octanol–water partition coefficient (Wildman–Crippen LogP) is 3.55. The Morgan fingerprint density at radius 3 is 2.53 bits per heavy atom. The van der Waals surface area contributed by atoms with Crippen LogP contribution in [0.4, 0.5) is 5.82 Å². The molecule has 1 N–H and O–H groups in total. The molecule has 6 heteroatoms. The van der Waals surface area contributed by atoms with Crippen molar-refractivity contribution in [2.45, 2.75) is 18.9 Å². The average Bonchev–Trinajstić information content (AvgIpc) is 2.29. The fourth-order valence-electron chi connectivity index (χ4n) is 1.89. The van der Waals surface area contributed by atoms with E-state index in [-0.39, 0.29) is 5.15 Å². The molecule has 17 heavy (non-hydrogen) atoms. The molecule has 1 aromatic heterocycles. The van der Waals surface area contributed by atoms with Crippen molar-refractivity contribution < 1.29 is 0 Å². The summed E-state index contributed by atoms with van der Waals surface area (Å²) in [6.07, 6.45) is 2.16. The van der Waals surface area contributed by atoms with Crippen molar-refractivity contribution in [1.82, 2.24) is 9.88 Å². The van der Waals surface area contributed by atoms with Crippen molar-refractivity contribution in [2.24, 2.45) is 0 Å². The number of anilines is 1. The second-order valence-corrected chi connectivity index (χ2v) is 5.49. The highest BCUT2D eigenvalue weighted by Crippen LogP contribution is 2.30. The highest BCUT2D eigenvalue weighted by molar-refractivity contribution is 6.42. The maximum Gasteiger partial charge on any atom is 0.150 e. The number of hydrogen-bond donors (Lipinski definition) is 1. The van der Waals surface area contributed by atoms with Crippen molar-refractivity contribution in [1.29, 1.82) is 0 Å². The molecule has 0 aromatic carbocycles. The highest BCUT2D eigenvalue weighted by Gasteiger charge is 2.18. The lowest BCUT2D eigenvalue weighted by atomic mass is 10.1. The van der Waals surface area contributed by atoms with Gasteiger partial charge in [0, 0.05) is 6.04 Å². The number of aromatic nitrogens is 1. The van der Waals surface area contributed by atoms with E-state index in [0.717, 1.165) is 25.9 Å². The van der Waals surface area contributed by atoms with Crippen LogP contribution in [0.2, 0.25) is 15.2 Å². The van der Waals surface area contributed by atoms with Crippen LogP contribution in [0.5, 0.6) is 0 Å². The van der Waals surface area contributed by atoms with E-state index in [9.17, 15) is 0 Å². The molecule has 0 radical (unpaired) electrons. The van der Waals surface area contributed by atoms with Gasteiger partial charge >= 0.3 is 0 Å². The zero-order valence-corrected chi connectivity index (χ0v) is 11.8. The summed E-state index contributed by atoms with van der Waals surface area (Å²) in [6.45, 7) is 2.16. The summed E-state index contributed by atoms with van der Waals surface area (Å²) >= 11 is 17.8. The van der Waals surface area contributed by atoms with Gasteiger partial charge in [-0.2, -0.15) is 0 Å². The Bertz CT molecular complexity index is 403. The second-order valence-electron chi connectivity index (χ2n) is 4.31. The van der Waals surface area contributed by atoms with Gasteiger partial charge in [0.25, 0.3) is 0 Å². The minimum absolute atomic E-state index is 0.284. The molecule has 0 saturated carbocycles. The lowest BCUT2D eigenvalue weighted by Gasteiger charge is -2.30. The zero-order chi connectivity index (χ0) is 12.4. The number of nitrogens with zero attached hydrogens (tertiary/aromatic N) is 2. The largest absolute Gasteiger partial charge is 0.366 e. The maximum atomic E-state index is 6.07. The van der Waals surface area contributed by atoms with Crippen LogP contribution in [0.1, 0.15) is 12.8 Å². The molecule has 1 saturated heterocycles. The van der Waals surface area contributed by atoms with E-state index in [4.69, 9.17) is 34.8 Å². The standard InChI is InChI=1S/C11H14Cl3N3/c1-17-4-2-7(3-5-17)15-11-9(13)6-8(12)10(14)16-11/h6-7H,2-5H2,1H3,(H,15,16). The third-order valence-corrected chi connectivity index (χ3v) is 3.91. The minimum atomic E-state index is 0.284. The first kappa shape index (κ1) is 13.2. The molecule has 3 nitrogen and oxygen atoms in total. The van der Waals surface area contributed by atoms with Crippen molar-refractivity contribution >= 4 is 40.6 Å².